The fourth-order valence-corrected chi connectivity index (χ4v) is 2.40. The molecule has 0 aromatic heterocycles. The highest BCUT2D eigenvalue weighted by Crippen LogP contribution is 2.43. The Labute approximate surface area is 90.1 Å². The summed E-state index contributed by atoms with van der Waals surface area (Å²) in [4.78, 5) is 0. The lowest BCUT2D eigenvalue weighted by Gasteiger charge is -2.13. The van der Waals surface area contributed by atoms with Gasteiger partial charge in [-0.3, -0.25) is 0 Å². The maximum atomic E-state index is 9.49. The summed E-state index contributed by atoms with van der Waals surface area (Å²) in [6, 6.07) is 6.17. The van der Waals surface area contributed by atoms with E-state index in [2.05, 4.69) is 18.2 Å². The molecule has 3 heteroatoms. The number of benzene rings is 1. The minimum absolute atomic E-state index is 0.584. The fourth-order valence-electron chi connectivity index (χ4n) is 2.40. The minimum Gasteiger partial charge on any atom is -0.423 e. The number of hydrogen-bond donors (Lipinski definition) is 2. The van der Waals surface area contributed by atoms with Crippen LogP contribution in [0.5, 0.6) is 0 Å². The summed E-state index contributed by atoms with van der Waals surface area (Å²) in [7, 11) is -1.29. The third-order valence-electron chi connectivity index (χ3n) is 3.47. The summed E-state index contributed by atoms with van der Waals surface area (Å²) >= 11 is 0. The molecule has 0 amide bonds. The predicted molar refractivity (Wildman–Crippen MR) is 60.2 cm³/mol. The first-order valence-corrected chi connectivity index (χ1v) is 5.76. The van der Waals surface area contributed by atoms with E-state index in [1.54, 1.807) is 0 Å². The Morgan fingerprint density at radius 2 is 1.40 bits per heavy atom. The van der Waals surface area contributed by atoms with Gasteiger partial charge in [0.05, 0.1) is 0 Å². The topological polar surface area (TPSA) is 40.5 Å². The van der Waals surface area contributed by atoms with Crippen LogP contribution in [0.15, 0.2) is 18.2 Å². The van der Waals surface area contributed by atoms with Gasteiger partial charge in [-0.2, -0.15) is 0 Å². The molecule has 0 saturated heterocycles. The second-order valence-corrected chi connectivity index (χ2v) is 4.77. The van der Waals surface area contributed by atoms with Crippen LogP contribution < -0.4 is 5.46 Å². The van der Waals surface area contributed by atoms with E-state index in [1.807, 2.05) is 0 Å². The summed E-state index contributed by atoms with van der Waals surface area (Å²) in [5, 5.41) is 19.0. The maximum Gasteiger partial charge on any atom is 0.489 e. The van der Waals surface area contributed by atoms with Gasteiger partial charge in [0, 0.05) is 0 Å². The Hall–Kier alpha value is -0.795. The molecule has 0 aliphatic heterocycles. The van der Waals surface area contributed by atoms with Crippen molar-refractivity contribution >= 4 is 12.6 Å². The number of hydrogen-bond acceptors (Lipinski definition) is 2. The van der Waals surface area contributed by atoms with Crippen LogP contribution in [-0.2, 0) is 0 Å². The van der Waals surface area contributed by atoms with Crippen molar-refractivity contribution in [1.29, 1.82) is 0 Å². The van der Waals surface area contributed by atoms with Crippen LogP contribution in [0.4, 0.5) is 0 Å². The predicted octanol–water partition coefficient (Wildman–Crippen LogP) is 1.12. The molecule has 2 N–H and O–H groups in total. The first-order valence-electron chi connectivity index (χ1n) is 5.76. The van der Waals surface area contributed by atoms with Crippen LogP contribution in [0.1, 0.15) is 48.6 Å². The summed E-state index contributed by atoms with van der Waals surface area (Å²) in [6.07, 6.45) is 4.81. The van der Waals surface area contributed by atoms with E-state index < -0.39 is 7.12 Å². The van der Waals surface area contributed by atoms with Gasteiger partial charge in [-0.15, -0.1) is 0 Å². The zero-order valence-corrected chi connectivity index (χ0v) is 8.69. The van der Waals surface area contributed by atoms with Crippen LogP contribution in [0.3, 0.4) is 0 Å². The highest BCUT2D eigenvalue weighted by Gasteiger charge is 2.35. The van der Waals surface area contributed by atoms with Gasteiger partial charge >= 0.3 is 7.12 Å². The van der Waals surface area contributed by atoms with Crippen molar-refractivity contribution in [3.8, 4) is 0 Å². The molecule has 0 radical (unpaired) electrons. The lowest BCUT2D eigenvalue weighted by Crippen LogP contribution is -2.35. The molecule has 2 fully saturated rings. The van der Waals surface area contributed by atoms with Crippen molar-refractivity contribution < 1.29 is 10.0 Å². The Kier molecular flexibility index (Phi) is 2.11. The molecule has 0 atom stereocenters. The molecule has 0 heterocycles. The molecule has 2 aliphatic rings. The van der Waals surface area contributed by atoms with Gasteiger partial charge in [0.1, 0.15) is 0 Å². The van der Waals surface area contributed by atoms with Crippen LogP contribution >= 0.6 is 0 Å². The number of rotatable bonds is 3. The maximum absolute atomic E-state index is 9.49. The fraction of sp³-hybridized carbons (Fsp3) is 0.500. The van der Waals surface area contributed by atoms with Gasteiger partial charge in [-0.1, -0.05) is 18.2 Å². The molecule has 3 rings (SSSR count). The molecule has 2 nitrogen and oxygen atoms in total. The molecular formula is C12H15BO2. The standard InChI is InChI=1S/C12H15BO2/c14-13(15)12-10(8-4-5-8)2-1-3-11(12)9-6-7-9/h1-3,8-9,14-15H,4-7H2. The third kappa shape index (κ3) is 1.70. The van der Waals surface area contributed by atoms with E-state index in [1.165, 1.54) is 36.8 Å². The molecule has 0 bridgehead atoms. The molecular weight excluding hydrogens is 187 g/mol. The van der Waals surface area contributed by atoms with Crippen LogP contribution in [0.25, 0.3) is 0 Å². The zero-order valence-electron chi connectivity index (χ0n) is 8.69. The monoisotopic (exact) mass is 202 g/mol. The molecule has 1 aromatic carbocycles. The van der Waals surface area contributed by atoms with Crippen molar-refractivity contribution in [2.45, 2.75) is 37.5 Å². The third-order valence-corrected chi connectivity index (χ3v) is 3.47. The first-order chi connectivity index (χ1) is 7.27. The van der Waals surface area contributed by atoms with E-state index >= 15 is 0 Å². The SMILES string of the molecule is OB(O)c1c(C2CC2)cccc1C1CC1. The van der Waals surface area contributed by atoms with Crippen LogP contribution in [0, 0.1) is 0 Å². The molecule has 2 aliphatic carbocycles. The summed E-state index contributed by atoms with van der Waals surface area (Å²) < 4.78 is 0. The first kappa shape index (κ1) is 9.43. The average molecular weight is 202 g/mol. The van der Waals surface area contributed by atoms with Gasteiger partial charge in [0.15, 0.2) is 0 Å². The van der Waals surface area contributed by atoms with Crippen molar-refractivity contribution in [2.75, 3.05) is 0 Å². The molecule has 78 valence electrons. The van der Waals surface area contributed by atoms with Crippen LogP contribution in [-0.4, -0.2) is 17.2 Å². The zero-order chi connectivity index (χ0) is 10.4. The summed E-state index contributed by atoms with van der Waals surface area (Å²) in [5.41, 5.74) is 3.16. The second-order valence-electron chi connectivity index (χ2n) is 4.77. The minimum atomic E-state index is -1.29. The average Bonchev–Trinajstić information content (AvgIpc) is 3.07. The summed E-state index contributed by atoms with van der Waals surface area (Å²) in [5.74, 6) is 1.17. The smallest absolute Gasteiger partial charge is 0.423 e. The van der Waals surface area contributed by atoms with Crippen molar-refractivity contribution in [3.05, 3.63) is 29.3 Å². The van der Waals surface area contributed by atoms with Gasteiger partial charge < -0.3 is 10.0 Å². The molecule has 15 heavy (non-hydrogen) atoms. The van der Waals surface area contributed by atoms with Gasteiger partial charge in [-0.05, 0) is 54.1 Å². The Morgan fingerprint density at radius 3 is 1.73 bits per heavy atom. The highest BCUT2D eigenvalue weighted by atomic mass is 16.4. The summed E-state index contributed by atoms with van der Waals surface area (Å²) in [6.45, 7) is 0. The van der Waals surface area contributed by atoms with Crippen LogP contribution in [0.2, 0.25) is 0 Å². The largest absolute Gasteiger partial charge is 0.489 e. The quantitative estimate of drug-likeness (QED) is 0.721. The van der Waals surface area contributed by atoms with Gasteiger partial charge in [-0.25, -0.2) is 0 Å². The lowest BCUT2D eigenvalue weighted by molar-refractivity contribution is 0.425. The molecule has 1 aromatic rings. The molecule has 0 unspecified atom stereocenters. The molecule has 0 spiro atoms. The van der Waals surface area contributed by atoms with Crippen molar-refractivity contribution in [3.63, 3.8) is 0 Å². The molecule has 2 saturated carbocycles. The van der Waals surface area contributed by atoms with E-state index in [0.717, 1.165) is 5.46 Å². The Morgan fingerprint density at radius 1 is 0.933 bits per heavy atom. The lowest BCUT2D eigenvalue weighted by atomic mass is 9.72. The van der Waals surface area contributed by atoms with E-state index in [9.17, 15) is 10.0 Å². The normalized spacial score (nSPS) is 20.4. The van der Waals surface area contributed by atoms with E-state index in [4.69, 9.17) is 0 Å². The van der Waals surface area contributed by atoms with Crippen molar-refractivity contribution in [1.82, 2.24) is 0 Å². The van der Waals surface area contributed by atoms with Crippen molar-refractivity contribution in [2.24, 2.45) is 0 Å². The van der Waals surface area contributed by atoms with Gasteiger partial charge in [0.2, 0.25) is 0 Å². The van der Waals surface area contributed by atoms with Gasteiger partial charge in [0.25, 0.3) is 0 Å². The second kappa shape index (κ2) is 3.36. The Bertz CT molecular complexity index is 351. The van der Waals surface area contributed by atoms with E-state index in [0.29, 0.717) is 11.8 Å². The van der Waals surface area contributed by atoms with E-state index in [-0.39, 0.29) is 0 Å². The highest BCUT2D eigenvalue weighted by molar-refractivity contribution is 6.60. The Balaban J connectivity index is 2.08.